The molecule has 1 saturated carbocycles. The molecule has 0 radical (unpaired) electrons. The number of ether oxygens (including phenoxy) is 1. The summed E-state index contributed by atoms with van der Waals surface area (Å²) in [7, 11) is -0.983. The average Bonchev–Trinajstić information content (AvgIpc) is 2.95. The molecule has 1 aliphatic carbocycles. The van der Waals surface area contributed by atoms with Gasteiger partial charge in [-0.25, -0.2) is 12.8 Å². The monoisotopic (exact) mass is 367 g/mol. The number of hydrogen-bond donors (Lipinski definition) is 1. The summed E-state index contributed by atoms with van der Waals surface area (Å²) >= 11 is 0. The van der Waals surface area contributed by atoms with Crippen LogP contribution >= 0.6 is 0 Å². The predicted molar refractivity (Wildman–Crippen MR) is 92.8 cm³/mol. The van der Waals surface area contributed by atoms with Crippen LogP contribution in [0.25, 0.3) is 0 Å². The third kappa shape index (κ3) is 3.78. The van der Waals surface area contributed by atoms with Gasteiger partial charge in [-0.3, -0.25) is 9.40 Å². The summed E-state index contributed by atoms with van der Waals surface area (Å²) in [5.41, 5.74) is 0.884. The van der Waals surface area contributed by atoms with Gasteiger partial charge in [-0.1, -0.05) is 19.3 Å². The fourth-order valence-electron chi connectivity index (χ4n) is 3.20. The Bertz CT molecular complexity index is 858. The lowest BCUT2D eigenvalue weighted by Gasteiger charge is -2.19. The Morgan fingerprint density at radius 1 is 1.24 bits per heavy atom. The Morgan fingerprint density at radius 3 is 2.60 bits per heavy atom. The standard InChI is InChI=1S/C17H22FN3O3S/c1-21-17(11-15(19-21)12-6-4-3-5-7-12)20-25(22,23)16-9-8-13(24-2)10-14(16)18/h8-12,20H,3-7H2,1-2H3. The Balaban J connectivity index is 1.84. The fraction of sp³-hybridized carbons (Fsp3) is 0.471. The van der Waals surface area contributed by atoms with Gasteiger partial charge in [0.2, 0.25) is 0 Å². The first kappa shape index (κ1) is 17.7. The molecule has 1 aromatic carbocycles. The quantitative estimate of drug-likeness (QED) is 0.879. The van der Waals surface area contributed by atoms with Crippen molar-refractivity contribution in [2.24, 2.45) is 7.05 Å². The number of nitrogens with zero attached hydrogens (tertiary/aromatic N) is 2. The zero-order valence-corrected chi connectivity index (χ0v) is 15.1. The van der Waals surface area contributed by atoms with Gasteiger partial charge in [0.25, 0.3) is 10.0 Å². The molecule has 1 N–H and O–H groups in total. The summed E-state index contributed by atoms with van der Waals surface area (Å²) in [6, 6.07) is 5.39. The fourth-order valence-corrected chi connectivity index (χ4v) is 4.34. The first-order chi connectivity index (χ1) is 11.9. The third-order valence-electron chi connectivity index (χ3n) is 4.59. The molecule has 6 nitrogen and oxygen atoms in total. The second-order valence-electron chi connectivity index (χ2n) is 6.31. The molecule has 1 fully saturated rings. The maximum atomic E-state index is 14.1. The molecule has 0 spiro atoms. The molecule has 136 valence electrons. The molecule has 0 bridgehead atoms. The van der Waals surface area contributed by atoms with E-state index in [9.17, 15) is 12.8 Å². The van der Waals surface area contributed by atoms with Crippen LogP contribution in [0.5, 0.6) is 5.75 Å². The van der Waals surface area contributed by atoms with E-state index in [1.807, 2.05) is 0 Å². The van der Waals surface area contributed by atoms with E-state index in [2.05, 4.69) is 9.82 Å². The minimum absolute atomic E-state index is 0.261. The first-order valence-electron chi connectivity index (χ1n) is 8.31. The van der Waals surface area contributed by atoms with E-state index in [1.54, 1.807) is 13.1 Å². The molecule has 1 aliphatic rings. The minimum Gasteiger partial charge on any atom is -0.497 e. The molecule has 0 atom stereocenters. The average molecular weight is 367 g/mol. The third-order valence-corrected chi connectivity index (χ3v) is 5.98. The number of methoxy groups -OCH3 is 1. The van der Waals surface area contributed by atoms with Gasteiger partial charge in [0.15, 0.2) is 0 Å². The lowest BCUT2D eigenvalue weighted by atomic mass is 9.87. The van der Waals surface area contributed by atoms with Crippen LogP contribution in [0.1, 0.15) is 43.7 Å². The number of hydrogen-bond acceptors (Lipinski definition) is 4. The van der Waals surface area contributed by atoms with Gasteiger partial charge in [0, 0.05) is 25.1 Å². The molecule has 0 aliphatic heterocycles. The van der Waals surface area contributed by atoms with E-state index in [-0.39, 0.29) is 5.75 Å². The summed E-state index contributed by atoms with van der Waals surface area (Å²) < 4.78 is 48.0. The number of halogens is 1. The molecule has 25 heavy (non-hydrogen) atoms. The summed E-state index contributed by atoms with van der Waals surface area (Å²) in [5.74, 6) is 0.0878. The summed E-state index contributed by atoms with van der Waals surface area (Å²) in [5, 5.41) is 4.44. The Kier molecular flexibility index (Phi) is 4.99. The molecule has 0 saturated heterocycles. The molecule has 3 rings (SSSR count). The highest BCUT2D eigenvalue weighted by atomic mass is 32.2. The van der Waals surface area contributed by atoms with E-state index in [4.69, 9.17) is 4.74 Å². The molecule has 1 heterocycles. The van der Waals surface area contributed by atoms with Crippen LogP contribution in [0.3, 0.4) is 0 Å². The van der Waals surface area contributed by atoms with Crippen LogP contribution in [0, 0.1) is 5.82 Å². The first-order valence-corrected chi connectivity index (χ1v) is 9.79. The number of nitrogens with one attached hydrogen (secondary N) is 1. The Labute approximate surface area is 147 Å². The van der Waals surface area contributed by atoms with E-state index in [0.29, 0.717) is 11.7 Å². The summed E-state index contributed by atoms with van der Waals surface area (Å²) in [6.07, 6.45) is 5.70. The highest BCUT2D eigenvalue weighted by Gasteiger charge is 2.24. The number of benzene rings is 1. The molecule has 0 amide bonds. The van der Waals surface area contributed by atoms with Gasteiger partial charge in [-0.15, -0.1) is 0 Å². The minimum atomic E-state index is -4.05. The number of rotatable bonds is 5. The highest BCUT2D eigenvalue weighted by Crippen LogP contribution is 2.33. The normalized spacial score (nSPS) is 16.0. The van der Waals surface area contributed by atoms with Crippen molar-refractivity contribution in [2.45, 2.75) is 42.9 Å². The lowest BCUT2D eigenvalue weighted by molar-refractivity contribution is 0.410. The van der Waals surface area contributed by atoms with E-state index >= 15 is 0 Å². The molecule has 1 aromatic heterocycles. The largest absolute Gasteiger partial charge is 0.497 e. The van der Waals surface area contributed by atoms with Gasteiger partial charge >= 0.3 is 0 Å². The SMILES string of the molecule is COc1ccc(S(=O)(=O)Nc2cc(C3CCCCC3)nn2C)c(F)c1. The number of aromatic nitrogens is 2. The lowest BCUT2D eigenvalue weighted by Crippen LogP contribution is -2.16. The molecule has 8 heteroatoms. The van der Waals surface area contributed by atoms with Gasteiger partial charge in [-0.05, 0) is 25.0 Å². The smallest absolute Gasteiger partial charge is 0.265 e. The maximum Gasteiger partial charge on any atom is 0.265 e. The summed E-state index contributed by atoms with van der Waals surface area (Å²) in [6.45, 7) is 0. The van der Waals surface area contributed by atoms with Gasteiger partial charge < -0.3 is 4.74 Å². The van der Waals surface area contributed by atoms with Crippen molar-refractivity contribution in [2.75, 3.05) is 11.8 Å². The van der Waals surface area contributed by atoms with Crippen LogP contribution in [0.4, 0.5) is 10.2 Å². The van der Waals surface area contributed by atoms with Crippen molar-refractivity contribution in [3.8, 4) is 5.75 Å². The molecule has 0 unspecified atom stereocenters. The Hall–Kier alpha value is -2.09. The van der Waals surface area contributed by atoms with Crippen molar-refractivity contribution >= 4 is 15.8 Å². The van der Waals surface area contributed by atoms with Crippen molar-refractivity contribution in [3.63, 3.8) is 0 Å². The maximum absolute atomic E-state index is 14.1. The van der Waals surface area contributed by atoms with Crippen LogP contribution in [-0.2, 0) is 17.1 Å². The summed E-state index contributed by atoms with van der Waals surface area (Å²) in [4.78, 5) is -0.422. The molecule has 2 aromatic rings. The van der Waals surface area contributed by atoms with E-state index < -0.39 is 20.7 Å². The zero-order chi connectivity index (χ0) is 18.0. The number of aryl methyl sites for hydroxylation is 1. The van der Waals surface area contributed by atoms with E-state index in [1.165, 1.54) is 43.2 Å². The topological polar surface area (TPSA) is 73.2 Å². The number of sulfonamides is 1. The van der Waals surface area contributed by atoms with Crippen molar-refractivity contribution < 1.29 is 17.5 Å². The zero-order valence-electron chi connectivity index (χ0n) is 14.3. The van der Waals surface area contributed by atoms with Crippen molar-refractivity contribution in [1.82, 2.24) is 9.78 Å². The highest BCUT2D eigenvalue weighted by molar-refractivity contribution is 7.92. The second-order valence-corrected chi connectivity index (χ2v) is 7.97. The van der Waals surface area contributed by atoms with Crippen molar-refractivity contribution in [1.29, 1.82) is 0 Å². The van der Waals surface area contributed by atoms with Crippen molar-refractivity contribution in [3.05, 3.63) is 35.8 Å². The van der Waals surface area contributed by atoms with Crippen LogP contribution in [0.2, 0.25) is 0 Å². The Morgan fingerprint density at radius 2 is 1.96 bits per heavy atom. The van der Waals surface area contributed by atoms with E-state index in [0.717, 1.165) is 24.6 Å². The van der Waals surface area contributed by atoms with Gasteiger partial charge in [-0.2, -0.15) is 5.10 Å². The van der Waals surface area contributed by atoms with Crippen LogP contribution < -0.4 is 9.46 Å². The van der Waals surface area contributed by atoms with Gasteiger partial charge in [0.05, 0.1) is 12.8 Å². The van der Waals surface area contributed by atoms with Crippen LogP contribution in [0.15, 0.2) is 29.2 Å². The predicted octanol–water partition coefficient (Wildman–Crippen LogP) is 3.42. The van der Waals surface area contributed by atoms with Crippen LogP contribution in [-0.4, -0.2) is 25.3 Å². The number of anilines is 1. The molecular formula is C17H22FN3O3S. The van der Waals surface area contributed by atoms with Gasteiger partial charge in [0.1, 0.15) is 22.3 Å². The molecular weight excluding hydrogens is 345 g/mol. The second kappa shape index (κ2) is 7.03.